The third-order valence-corrected chi connectivity index (χ3v) is 1.78. The van der Waals surface area contributed by atoms with Crippen molar-refractivity contribution in [2.24, 2.45) is 0 Å². The lowest BCUT2D eigenvalue weighted by atomic mass is 10.1. The SMILES string of the molecule is C=CC(=O)OC(C)C1=CC=CC1. The monoisotopic (exact) mass is 164 g/mol. The van der Waals surface area contributed by atoms with Gasteiger partial charge in [0.15, 0.2) is 0 Å². The number of rotatable bonds is 3. The Balaban J connectivity index is 2.43. The van der Waals surface area contributed by atoms with Crippen LogP contribution in [-0.4, -0.2) is 12.1 Å². The number of hydrogen-bond acceptors (Lipinski definition) is 2. The molecule has 0 aliphatic heterocycles. The highest BCUT2D eigenvalue weighted by Crippen LogP contribution is 2.16. The average Bonchev–Trinajstić information content (AvgIpc) is 2.56. The van der Waals surface area contributed by atoms with Gasteiger partial charge in [-0.3, -0.25) is 0 Å². The molecule has 0 aromatic rings. The molecule has 0 saturated heterocycles. The van der Waals surface area contributed by atoms with Gasteiger partial charge in [-0.25, -0.2) is 4.79 Å². The standard InChI is InChI=1S/C10H12O2/c1-3-10(11)12-8(2)9-6-4-5-7-9/h3-6,8H,1,7H2,2H3. The van der Waals surface area contributed by atoms with E-state index in [0.717, 1.165) is 12.0 Å². The van der Waals surface area contributed by atoms with Gasteiger partial charge in [0.05, 0.1) is 0 Å². The predicted octanol–water partition coefficient (Wildman–Crippen LogP) is 1.99. The van der Waals surface area contributed by atoms with E-state index < -0.39 is 0 Å². The third kappa shape index (κ3) is 2.09. The maximum Gasteiger partial charge on any atom is 0.330 e. The number of ether oxygens (including phenoxy) is 1. The zero-order valence-electron chi connectivity index (χ0n) is 7.12. The molecule has 2 nitrogen and oxygen atoms in total. The molecular formula is C10H12O2. The summed E-state index contributed by atoms with van der Waals surface area (Å²) in [5.41, 5.74) is 1.13. The van der Waals surface area contributed by atoms with Crippen LogP contribution in [0.2, 0.25) is 0 Å². The highest BCUT2D eigenvalue weighted by Gasteiger charge is 2.12. The summed E-state index contributed by atoms with van der Waals surface area (Å²) < 4.78 is 5.02. The van der Waals surface area contributed by atoms with Gasteiger partial charge in [-0.15, -0.1) is 0 Å². The Labute approximate surface area is 72.2 Å². The van der Waals surface area contributed by atoms with E-state index >= 15 is 0 Å². The van der Waals surface area contributed by atoms with E-state index in [0.29, 0.717) is 0 Å². The minimum Gasteiger partial charge on any atom is -0.455 e. The topological polar surface area (TPSA) is 26.3 Å². The fourth-order valence-electron chi connectivity index (χ4n) is 1.06. The van der Waals surface area contributed by atoms with E-state index in [1.54, 1.807) is 0 Å². The molecule has 64 valence electrons. The number of carbonyl (C=O) groups excluding carboxylic acids is 1. The molecule has 0 radical (unpaired) electrons. The molecule has 2 heteroatoms. The quantitative estimate of drug-likeness (QED) is 0.471. The molecule has 0 saturated carbocycles. The maximum atomic E-state index is 10.8. The van der Waals surface area contributed by atoms with Crippen molar-refractivity contribution in [3.8, 4) is 0 Å². The Bertz CT molecular complexity index is 249. The van der Waals surface area contributed by atoms with Crippen LogP contribution in [0.3, 0.4) is 0 Å². The number of hydrogen-bond donors (Lipinski definition) is 0. The Morgan fingerprint density at radius 3 is 3.08 bits per heavy atom. The van der Waals surface area contributed by atoms with E-state index in [2.05, 4.69) is 6.58 Å². The molecular weight excluding hydrogens is 152 g/mol. The van der Waals surface area contributed by atoms with Crippen LogP contribution in [0.5, 0.6) is 0 Å². The third-order valence-electron chi connectivity index (χ3n) is 1.78. The van der Waals surface area contributed by atoms with Crippen molar-refractivity contribution in [2.45, 2.75) is 19.4 Å². The van der Waals surface area contributed by atoms with Crippen LogP contribution >= 0.6 is 0 Å². The maximum absolute atomic E-state index is 10.8. The Kier molecular flexibility index (Phi) is 2.86. The smallest absolute Gasteiger partial charge is 0.330 e. The van der Waals surface area contributed by atoms with Crippen molar-refractivity contribution >= 4 is 5.97 Å². The fourth-order valence-corrected chi connectivity index (χ4v) is 1.06. The van der Waals surface area contributed by atoms with Gasteiger partial charge in [-0.2, -0.15) is 0 Å². The molecule has 0 N–H and O–H groups in total. The average molecular weight is 164 g/mol. The van der Waals surface area contributed by atoms with Crippen LogP contribution in [-0.2, 0) is 9.53 Å². The summed E-state index contributed by atoms with van der Waals surface area (Å²) in [5, 5.41) is 0. The van der Waals surface area contributed by atoms with Crippen LogP contribution in [0, 0.1) is 0 Å². The molecule has 0 fully saturated rings. The first-order valence-electron chi connectivity index (χ1n) is 3.92. The molecule has 0 aromatic carbocycles. The first-order chi connectivity index (χ1) is 5.74. The molecule has 12 heavy (non-hydrogen) atoms. The van der Waals surface area contributed by atoms with Gasteiger partial charge >= 0.3 is 5.97 Å². The van der Waals surface area contributed by atoms with Crippen molar-refractivity contribution in [3.63, 3.8) is 0 Å². The summed E-state index contributed by atoms with van der Waals surface area (Å²) in [7, 11) is 0. The summed E-state index contributed by atoms with van der Waals surface area (Å²) in [5.74, 6) is -0.365. The van der Waals surface area contributed by atoms with Gasteiger partial charge in [0.1, 0.15) is 6.10 Å². The Morgan fingerprint density at radius 2 is 2.58 bits per heavy atom. The molecule has 1 atom stereocenters. The zero-order valence-corrected chi connectivity index (χ0v) is 7.12. The van der Waals surface area contributed by atoms with Crippen molar-refractivity contribution in [1.29, 1.82) is 0 Å². The van der Waals surface area contributed by atoms with Gasteiger partial charge in [-0.05, 0) is 18.9 Å². The summed E-state index contributed by atoms with van der Waals surface area (Å²) in [6.45, 7) is 5.19. The van der Waals surface area contributed by atoms with Crippen molar-refractivity contribution < 1.29 is 9.53 Å². The van der Waals surface area contributed by atoms with Crippen LogP contribution in [0.15, 0.2) is 36.5 Å². The second-order valence-corrected chi connectivity index (χ2v) is 2.66. The van der Waals surface area contributed by atoms with E-state index in [9.17, 15) is 4.79 Å². The normalized spacial score (nSPS) is 16.9. The molecule has 0 heterocycles. The molecule has 0 amide bonds. The predicted molar refractivity (Wildman–Crippen MR) is 47.6 cm³/mol. The lowest BCUT2D eigenvalue weighted by Gasteiger charge is -2.12. The Morgan fingerprint density at radius 1 is 1.83 bits per heavy atom. The number of allylic oxidation sites excluding steroid dienone is 3. The van der Waals surface area contributed by atoms with E-state index in [1.807, 2.05) is 25.2 Å². The minimum absolute atomic E-state index is 0.134. The fraction of sp³-hybridized carbons (Fsp3) is 0.300. The van der Waals surface area contributed by atoms with Crippen LogP contribution in [0.25, 0.3) is 0 Å². The van der Waals surface area contributed by atoms with Gasteiger partial charge in [0, 0.05) is 6.08 Å². The van der Waals surface area contributed by atoms with Crippen molar-refractivity contribution in [2.75, 3.05) is 0 Å². The minimum atomic E-state index is -0.365. The number of carbonyl (C=O) groups is 1. The van der Waals surface area contributed by atoms with Gasteiger partial charge in [0.2, 0.25) is 0 Å². The molecule has 1 aliphatic rings. The number of esters is 1. The van der Waals surface area contributed by atoms with Gasteiger partial charge in [0.25, 0.3) is 0 Å². The first kappa shape index (κ1) is 8.78. The van der Waals surface area contributed by atoms with Crippen molar-refractivity contribution in [3.05, 3.63) is 36.5 Å². The van der Waals surface area contributed by atoms with Crippen molar-refractivity contribution in [1.82, 2.24) is 0 Å². The van der Waals surface area contributed by atoms with E-state index in [4.69, 9.17) is 4.74 Å². The summed E-state index contributed by atoms with van der Waals surface area (Å²) in [6.07, 6.45) is 7.90. The Hall–Kier alpha value is -1.31. The van der Waals surface area contributed by atoms with Crippen LogP contribution in [0.1, 0.15) is 13.3 Å². The molecule has 1 unspecified atom stereocenters. The molecule has 0 aromatic heterocycles. The van der Waals surface area contributed by atoms with E-state index in [-0.39, 0.29) is 12.1 Å². The molecule has 1 aliphatic carbocycles. The highest BCUT2D eigenvalue weighted by atomic mass is 16.5. The van der Waals surface area contributed by atoms with Crippen LogP contribution < -0.4 is 0 Å². The molecule has 0 bridgehead atoms. The largest absolute Gasteiger partial charge is 0.455 e. The second kappa shape index (κ2) is 3.90. The van der Waals surface area contributed by atoms with E-state index in [1.165, 1.54) is 6.08 Å². The zero-order chi connectivity index (χ0) is 8.97. The summed E-state index contributed by atoms with van der Waals surface area (Å²) >= 11 is 0. The lowest BCUT2D eigenvalue weighted by Crippen LogP contribution is -2.14. The van der Waals surface area contributed by atoms with Crippen LogP contribution in [0.4, 0.5) is 0 Å². The lowest BCUT2D eigenvalue weighted by molar-refractivity contribution is -0.140. The molecule has 0 spiro atoms. The summed E-state index contributed by atoms with van der Waals surface area (Å²) in [6, 6.07) is 0. The van der Waals surface area contributed by atoms with Gasteiger partial charge < -0.3 is 4.74 Å². The molecule has 1 rings (SSSR count). The highest BCUT2D eigenvalue weighted by molar-refractivity contribution is 5.81. The summed E-state index contributed by atoms with van der Waals surface area (Å²) in [4.78, 5) is 10.8. The second-order valence-electron chi connectivity index (χ2n) is 2.66. The van der Waals surface area contributed by atoms with Gasteiger partial charge in [-0.1, -0.05) is 24.8 Å². The first-order valence-corrected chi connectivity index (χ1v) is 3.92.